The van der Waals surface area contributed by atoms with Crippen LogP contribution < -0.4 is 0 Å². The fourth-order valence-electron chi connectivity index (χ4n) is 3.51. The lowest BCUT2D eigenvalue weighted by Crippen LogP contribution is -2.47. The quantitative estimate of drug-likeness (QED) is 0.877. The molecule has 1 amide bonds. The highest BCUT2D eigenvalue weighted by Gasteiger charge is 2.64. The lowest BCUT2D eigenvalue weighted by Gasteiger charge is -2.27. The monoisotopic (exact) mass is 359 g/mol. The van der Waals surface area contributed by atoms with Crippen molar-refractivity contribution in [2.75, 3.05) is 13.1 Å². The topological polar surface area (TPSA) is 87.8 Å². The van der Waals surface area contributed by atoms with Gasteiger partial charge in [-0.15, -0.1) is 0 Å². The van der Waals surface area contributed by atoms with E-state index in [1.165, 1.54) is 6.92 Å². The second kappa shape index (κ2) is 5.60. The minimum atomic E-state index is -4.97. The predicted molar refractivity (Wildman–Crippen MR) is 77.4 cm³/mol. The van der Waals surface area contributed by atoms with Crippen LogP contribution in [0.4, 0.5) is 13.2 Å². The molecule has 2 heterocycles. The van der Waals surface area contributed by atoms with E-state index in [2.05, 4.69) is 0 Å². The van der Waals surface area contributed by atoms with Gasteiger partial charge in [0.05, 0.1) is 5.56 Å². The molecule has 1 atom stereocenters. The molecule has 2 aliphatic rings. The molecule has 1 aliphatic heterocycles. The fourth-order valence-corrected chi connectivity index (χ4v) is 3.51. The molecule has 0 spiro atoms. The summed E-state index contributed by atoms with van der Waals surface area (Å²) in [5.74, 6) is -2.77. The molecule has 0 radical (unpaired) electrons. The van der Waals surface area contributed by atoms with Crippen molar-refractivity contribution in [3.05, 3.63) is 22.6 Å². The smallest absolute Gasteiger partial charge is 0.406 e. The van der Waals surface area contributed by atoms with Crippen LogP contribution in [0.15, 0.2) is 4.42 Å². The maximum Gasteiger partial charge on any atom is 0.406 e. The number of rotatable bonds is 2. The minimum Gasteiger partial charge on any atom is -0.481 e. The minimum absolute atomic E-state index is 0.154. The summed E-state index contributed by atoms with van der Waals surface area (Å²) in [5, 5.41) is 9.07. The van der Waals surface area contributed by atoms with Crippen molar-refractivity contribution < 1.29 is 37.1 Å². The number of carbonyl (C=O) groups excluding carboxylic acids is 2. The number of aliphatic carboxylic acids is 1. The summed E-state index contributed by atoms with van der Waals surface area (Å²) < 4.78 is 45.2. The third kappa shape index (κ3) is 2.52. The second-order valence-corrected chi connectivity index (χ2v) is 6.49. The van der Waals surface area contributed by atoms with Crippen LogP contribution in [0.5, 0.6) is 0 Å². The Morgan fingerprint density at radius 3 is 2.48 bits per heavy atom. The van der Waals surface area contributed by atoms with Gasteiger partial charge in [0.25, 0.3) is 5.91 Å². The number of fused-ring (bicyclic) bond motifs is 1. The Morgan fingerprint density at radius 1 is 1.28 bits per heavy atom. The van der Waals surface area contributed by atoms with Crippen molar-refractivity contribution in [1.29, 1.82) is 0 Å². The fraction of sp³-hybridized carbons (Fsp3) is 0.562. The van der Waals surface area contributed by atoms with Crippen LogP contribution in [0.1, 0.15) is 51.5 Å². The van der Waals surface area contributed by atoms with Crippen LogP contribution in [-0.2, 0) is 11.2 Å². The normalized spacial score (nSPS) is 23.7. The van der Waals surface area contributed by atoms with Gasteiger partial charge < -0.3 is 14.4 Å². The molecule has 136 valence electrons. The zero-order valence-corrected chi connectivity index (χ0v) is 13.4. The van der Waals surface area contributed by atoms with Gasteiger partial charge in [0, 0.05) is 31.5 Å². The van der Waals surface area contributed by atoms with Gasteiger partial charge in [-0.05, 0) is 19.8 Å². The van der Waals surface area contributed by atoms with Gasteiger partial charge in [-0.2, -0.15) is 13.2 Å². The third-order valence-corrected chi connectivity index (χ3v) is 5.01. The van der Waals surface area contributed by atoms with E-state index >= 15 is 0 Å². The Morgan fingerprint density at radius 2 is 1.96 bits per heavy atom. The summed E-state index contributed by atoms with van der Waals surface area (Å²) in [4.78, 5) is 36.6. The SMILES string of the molecule is Cc1c(C(=O)N2CCC(C(=O)O)(C(F)(F)F)C2)oc2c1C(=O)CCC2. The molecule has 25 heavy (non-hydrogen) atoms. The van der Waals surface area contributed by atoms with Crippen LogP contribution in [0, 0.1) is 12.3 Å². The maximum atomic E-state index is 13.2. The van der Waals surface area contributed by atoms with Gasteiger partial charge in [-0.3, -0.25) is 14.4 Å². The number of carboxylic acids is 1. The number of amides is 1. The molecular formula is C16H16F3NO5. The zero-order valence-electron chi connectivity index (χ0n) is 13.4. The van der Waals surface area contributed by atoms with Crippen LogP contribution >= 0.6 is 0 Å². The van der Waals surface area contributed by atoms with E-state index in [1.54, 1.807) is 0 Å². The first-order valence-corrected chi connectivity index (χ1v) is 7.83. The van der Waals surface area contributed by atoms with Crippen molar-refractivity contribution in [1.82, 2.24) is 4.90 Å². The Labute approximate surface area is 140 Å². The van der Waals surface area contributed by atoms with E-state index in [9.17, 15) is 27.6 Å². The number of hydrogen-bond acceptors (Lipinski definition) is 4. The highest BCUT2D eigenvalue weighted by molar-refractivity contribution is 6.03. The largest absolute Gasteiger partial charge is 0.481 e. The molecule has 1 aliphatic carbocycles. The average Bonchev–Trinajstić information content (AvgIpc) is 3.10. The van der Waals surface area contributed by atoms with E-state index in [0.717, 1.165) is 4.90 Å². The predicted octanol–water partition coefficient (Wildman–Crippen LogP) is 2.59. The average molecular weight is 359 g/mol. The molecular weight excluding hydrogens is 343 g/mol. The van der Waals surface area contributed by atoms with Crippen LogP contribution in [0.25, 0.3) is 0 Å². The molecule has 1 unspecified atom stereocenters. The van der Waals surface area contributed by atoms with Crippen molar-refractivity contribution in [3.8, 4) is 0 Å². The summed E-state index contributed by atoms with van der Waals surface area (Å²) in [6.45, 7) is 0.204. The number of Topliss-reactive ketones (excluding diaryl/α,β-unsaturated/α-hetero) is 1. The highest BCUT2D eigenvalue weighted by atomic mass is 19.4. The number of alkyl halides is 3. The number of carbonyl (C=O) groups is 3. The van der Waals surface area contributed by atoms with Gasteiger partial charge >= 0.3 is 12.1 Å². The number of furan rings is 1. The summed E-state index contributed by atoms with van der Waals surface area (Å²) in [6.07, 6.45) is -4.28. The number of nitrogens with zero attached hydrogens (tertiary/aromatic N) is 1. The Hall–Kier alpha value is -2.32. The molecule has 1 N–H and O–H groups in total. The Kier molecular flexibility index (Phi) is 3.92. The third-order valence-electron chi connectivity index (χ3n) is 5.01. The summed E-state index contributed by atoms with van der Waals surface area (Å²) in [7, 11) is 0. The molecule has 0 saturated carbocycles. The summed E-state index contributed by atoms with van der Waals surface area (Å²) >= 11 is 0. The number of carboxylic acid groups (broad SMARTS) is 1. The number of ketones is 1. The Balaban J connectivity index is 1.91. The van der Waals surface area contributed by atoms with E-state index in [0.29, 0.717) is 36.1 Å². The molecule has 0 bridgehead atoms. The van der Waals surface area contributed by atoms with Gasteiger partial charge in [-0.25, -0.2) is 0 Å². The van der Waals surface area contributed by atoms with E-state index in [1.807, 2.05) is 0 Å². The number of halogens is 3. The molecule has 0 aromatic carbocycles. The lowest BCUT2D eigenvalue weighted by atomic mass is 9.86. The molecule has 3 rings (SSSR count). The zero-order chi connectivity index (χ0) is 18.6. The molecule has 9 heteroatoms. The first kappa shape index (κ1) is 17.5. The van der Waals surface area contributed by atoms with Gasteiger partial charge in [0.2, 0.25) is 0 Å². The first-order chi connectivity index (χ1) is 11.6. The van der Waals surface area contributed by atoms with E-state index in [-0.39, 0.29) is 18.1 Å². The van der Waals surface area contributed by atoms with Crippen molar-refractivity contribution >= 4 is 17.7 Å². The standard InChI is InChI=1S/C16H16F3NO5/c1-8-11-9(21)3-2-4-10(11)25-12(8)13(22)20-6-5-15(7-20,14(23)24)16(17,18)19/h2-7H2,1H3,(H,23,24). The van der Waals surface area contributed by atoms with Gasteiger partial charge in [-0.1, -0.05) is 0 Å². The van der Waals surface area contributed by atoms with Crippen LogP contribution in [-0.4, -0.2) is 46.9 Å². The molecule has 1 aromatic heterocycles. The maximum absolute atomic E-state index is 13.2. The highest BCUT2D eigenvalue weighted by Crippen LogP contribution is 2.46. The number of hydrogen-bond donors (Lipinski definition) is 1. The van der Waals surface area contributed by atoms with Crippen molar-refractivity contribution in [3.63, 3.8) is 0 Å². The lowest BCUT2D eigenvalue weighted by molar-refractivity contribution is -0.227. The summed E-state index contributed by atoms with van der Waals surface area (Å²) in [5.41, 5.74) is -2.34. The molecule has 1 aromatic rings. The van der Waals surface area contributed by atoms with Crippen LogP contribution in [0.2, 0.25) is 0 Å². The first-order valence-electron chi connectivity index (χ1n) is 7.83. The van der Waals surface area contributed by atoms with Crippen molar-refractivity contribution in [2.45, 2.75) is 38.8 Å². The molecule has 6 nitrogen and oxygen atoms in total. The number of aryl methyl sites for hydroxylation is 1. The Bertz CT molecular complexity index is 767. The molecule has 1 saturated heterocycles. The molecule has 1 fully saturated rings. The summed E-state index contributed by atoms with van der Waals surface area (Å²) in [6, 6.07) is 0. The second-order valence-electron chi connectivity index (χ2n) is 6.49. The van der Waals surface area contributed by atoms with Crippen molar-refractivity contribution in [2.24, 2.45) is 5.41 Å². The van der Waals surface area contributed by atoms with Crippen LogP contribution in [0.3, 0.4) is 0 Å². The number of likely N-dealkylation sites (tertiary alicyclic amines) is 1. The van der Waals surface area contributed by atoms with E-state index < -0.39 is 36.4 Å². The van der Waals surface area contributed by atoms with E-state index in [4.69, 9.17) is 9.52 Å². The van der Waals surface area contributed by atoms with Gasteiger partial charge in [0.15, 0.2) is 17.0 Å². The van der Waals surface area contributed by atoms with Gasteiger partial charge in [0.1, 0.15) is 5.76 Å².